The third-order valence-electron chi connectivity index (χ3n) is 3.83. The lowest BCUT2D eigenvalue weighted by Crippen LogP contribution is -2.51. The number of anilines is 1. The predicted octanol–water partition coefficient (Wildman–Crippen LogP) is 2.12. The monoisotopic (exact) mass is 285 g/mol. The van der Waals surface area contributed by atoms with Crippen LogP contribution in [-0.2, 0) is 4.74 Å². The summed E-state index contributed by atoms with van der Waals surface area (Å²) < 4.78 is 5.48. The molecule has 110 valence electrons. The molecule has 0 aliphatic carbocycles. The van der Waals surface area contributed by atoms with Crippen LogP contribution < -0.4 is 11.1 Å². The molecule has 2 aromatic rings. The Kier molecular flexibility index (Phi) is 3.51. The summed E-state index contributed by atoms with van der Waals surface area (Å²) in [6.45, 7) is 3.31. The fraction of sp³-hybridized carbons (Fsp3) is 0.375. The minimum absolute atomic E-state index is 0.131. The molecule has 1 aliphatic heterocycles. The van der Waals surface area contributed by atoms with Gasteiger partial charge in [-0.05, 0) is 31.9 Å². The summed E-state index contributed by atoms with van der Waals surface area (Å²) >= 11 is 0. The molecule has 3 rings (SSSR count). The van der Waals surface area contributed by atoms with Gasteiger partial charge >= 0.3 is 0 Å². The highest BCUT2D eigenvalue weighted by Gasteiger charge is 2.30. The van der Waals surface area contributed by atoms with E-state index in [0.29, 0.717) is 18.0 Å². The zero-order chi connectivity index (χ0) is 14.9. The number of amides is 1. The van der Waals surface area contributed by atoms with E-state index in [1.54, 1.807) is 6.07 Å². The van der Waals surface area contributed by atoms with E-state index in [4.69, 9.17) is 10.5 Å². The molecule has 1 aliphatic rings. The Morgan fingerprint density at radius 2 is 2.24 bits per heavy atom. The van der Waals surface area contributed by atoms with E-state index in [1.165, 1.54) is 0 Å². The van der Waals surface area contributed by atoms with Crippen molar-refractivity contribution in [2.24, 2.45) is 0 Å². The maximum Gasteiger partial charge on any atom is 0.252 e. The fourth-order valence-corrected chi connectivity index (χ4v) is 2.76. The van der Waals surface area contributed by atoms with Gasteiger partial charge in [0.15, 0.2) is 0 Å². The van der Waals surface area contributed by atoms with E-state index in [2.05, 4.69) is 10.3 Å². The van der Waals surface area contributed by atoms with Crippen molar-refractivity contribution >= 4 is 22.6 Å². The van der Waals surface area contributed by atoms with Crippen molar-refractivity contribution in [1.82, 2.24) is 10.3 Å². The number of hydrogen-bond acceptors (Lipinski definition) is 4. The molecule has 0 bridgehead atoms. The van der Waals surface area contributed by atoms with Gasteiger partial charge in [0.25, 0.3) is 5.91 Å². The van der Waals surface area contributed by atoms with Crippen molar-refractivity contribution < 1.29 is 9.53 Å². The van der Waals surface area contributed by atoms with Gasteiger partial charge in [-0.1, -0.05) is 18.2 Å². The summed E-state index contributed by atoms with van der Waals surface area (Å²) in [5, 5.41) is 3.89. The third kappa shape index (κ3) is 2.83. The van der Waals surface area contributed by atoms with Crippen molar-refractivity contribution in [3.05, 3.63) is 35.9 Å². The number of ether oxygens (including phenoxy) is 1. The number of rotatable bonds is 2. The second-order valence-electron chi connectivity index (χ2n) is 5.78. The van der Waals surface area contributed by atoms with Gasteiger partial charge in [0.05, 0.1) is 23.2 Å². The molecule has 0 spiro atoms. The SMILES string of the molecule is CC1(NC(=O)c2cc(N)nc3ccccc23)CCCOC1. The fourth-order valence-electron chi connectivity index (χ4n) is 2.76. The molecule has 0 radical (unpaired) electrons. The van der Waals surface area contributed by atoms with E-state index in [1.807, 2.05) is 31.2 Å². The summed E-state index contributed by atoms with van der Waals surface area (Å²) in [4.78, 5) is 16.9. The number of para-hydroxylation sites is 1. The van der Waals surface area contributed by atoms with Crippen LogP contribution >= 0.6 is 0 Å². The van der Waals surface area contributed by atoms with Gasteiger partial charge < -0.3 is 15.8 Å². The maximum absolute atomic E-state index is 12.6. The number of fused-ring (bicyclic) bond motifs is 1. The van der Waals surface area contributed by atoms with Crippen molar-refractivity contribution in [3.63, 3.8) is 0 Å². The molecule has 21 heavy (non-hydrogen) atoms. The zero-order valence-electron chi connectivity index (χ0n) is 12.1. The van der Waals surface area contributed by atoms with Gasteiger partial charge in [-0.3, -0.25) is 4.79 Å². The molecule has 5 heteroatoms. The van der Waals surface area contributed by atoms with E-state index in [-0.39, 0.29) is 11.4 Å². The number of carbonyl (C=O) groups excluding carboxylic acids is 1. The highest BCUT2D eigenvalue weighted by Crippen LogP contribution is 2.22. The average Bonchev–Trinajstić information content (AvgIpc) is 2.46. The molecular weight excluding hydrogens is 266 g/mol. The Hall–Kier alpha value is -2.14. The van der Waals surface area contributed by atoms with Gasteiger partial charge in [-0.15, -0.1) is 0 Å². The van der Waals surface area contributed by atoms with Gasteiger partial charge in [0.2, 0.25) is 0 Å². The molecule has 1 atom stereocenters. The minimum Gasteiger partial charge on any atom is -0.384 e. The Bertz CT molecular complexity index is 678. The molecule has 2 heterocycles. The lowest BCUT2D eigenvalue weighted by Gasteiger charge is -2.34. The van der Waals surface area contributed by atoms with Gasteiger partial charge in [0.1, 0.15) is 5.82 Å². The third-order valence-corrected chi connectivity index (χ3v) is 3.83. The van der Waals surface area contributed by atoms with Crippen LogP contribution in [0.2, 0.25) is 0 Å². The van der Waals surface area contributed by atoms with Crippen molar-refractivity contribution in [2.45, 2.75) is 25.3 Å². The Labute approximate surface area is 123 Å². The number of pyridine rings is 1. The van der Waals surface area contributed by atoms with Crippen LogP contribution in [0.4, 0.5) is 5.82 Å². The zero-order valence-corrected chi connectivity index (χ0v) is 12.1. The lowest BCUT2D eigenvalue weighted by atomic mass is 9.94. The summed E-state index contributed by atoms with van der Waals surface area (Å²) in [6, 6.07) is 9.14. The van der Waals surface area contributed by atoms with Crippen LogP contribution in [0.5, 0.6) is 0 Å². The minimum atomic E-state index is -0.325. The Morgan fingerprint density at radius 3 is 3.00 bits per heavy atom. The summed E-state index contributed by atoms with van der Waals surface area (Å²) in [6.07, 6.45) is 1.87. The van der Waals surface area contributed by atoms with Crippen LogP contribution in [0.25, 0.3) is 10.9 Å². The number of nitrogens with zero attached hydrogens (tertiary/aromatic N) is 1. The van der Waals surface area contributed by atoms with E-state index in [0.717, 1.165) is 30.4 Å². The quantitative estimate of drug-likeness (QED) is 0.886. The molecule has 3 N–H and O–H groups in total. The van der Waals surface area contributed by atoms with Gasteiger partial charge in [0, 0.05) is 12.0 Å². The van der Waals surface area contributed by atoms with Crippen molar-refractivity contribution in [3.8, 4) is 0 Å². The summed E-state index contributed by atoms with van der Waals surface area (Å²) in [7, 11) is 0. The van der Waals surface area contributed by atoms with Crippen LogP contribution in [0.1, 0.15) is 30.1 Å². The normalized spacial score (nSPS) is 22.1. The number of nitrogens with two attached hydrogens (primary N) is 1. The molecule has 1 saturated heterocycles. The predicted molar refractivity (Wildman–Crippen MR) is 82.1 cm³/mol. The molecule has 1 amide bonds. The van der Waals surface area contributed by atoms with E-state index < -0.39 is 0 Å². The maximum atomic E-state index is 12.6. The Balaban J connectivity index is 1.94. The van der Waals surface area contributed by atoms with Crippen LogP contribution in [-0.4, -0.2) is 29.6 Å². The number of carbonyl (C=O) groups is 1. The van der Waals surface area contributed by atoms with Crippen LogP contribution in [0.3, 0.4) is 0 Å². The molecule has 1 unspecified atom stereocenters. The number of hydrogen-bond donors (Lipinski definition) is 2. The van der Waals surface area contributed by atoms with E-state index in [9.17, 15) is 4.79 Å². The van der Waals surface area contributed by atoms with Gasteiger partial charge in [-0.25, -0.2) is 4.98 Å². The summed E-state index contributed by atoms with van der Waals surface area (Å²) in [5.74, 6) is 0.220. The smallest absolute Gasteiger partial charge is 0.252 e. The second kappa shape index (κ2) is 5.33. The van der Waals surface area contributed by atoms with Crippen LogP contribution in [0.15, 0.2) is 30.3 Å². The molecule has 1 aromatic heterocycles. The molecule has 5 nitrogen and oxygen atoms in total. The molecule has 1 aromatic carbocycles. The van der Waals surface area contributed by atoms with E-state index >= 15 is 0 Å². The number of benzene rings is 1. The van der Waals surface area contributed by atoms with Crippen LogP contribution in [0, 0.1) is 0 Å². The molecule has 1 fully saturated rings. The number of aromatic nitrogens is 1. The first-order valence-corrected chi connectivity index (χ1v) is 7.13. The second-order valence-corrected chi connectivity index (χ2v) is 5.78. The molecule has 0 saturated carbocycles. The van der Waals surface area contributed by atoms with Crippen molar-refractivity contribution in [2.75, 3.05) is 18.9 Å². The number of nitrogens with one attached hydrogen (secondary N) is 1. The standard InChI is InChI=1S/C16H19N3O2/c1-16(7-4-8-21-10-16)19-15(20)12-9-14(17)18-13-6-3-2-5-11(12)13/h2-3,5-6,9H,4,7-8,10H2,1H3,(H2,17,18)(H,19,20). The Morgan fingerprint density at radius 1 is 1.43 bits per heavy atom. The lowest BCUT2D eigenvalue weighted by molar-refractivity contribution is 0.0273. The largest absolute Gasteiger partial charge is 0.384 e. The number of nitrogen functional groups attached to an aromatic ring is 1. The first-order chi connectivity index (χ1) is 10.1. The summed E-state index contributed by atoms with van der Waals surface area (Å²) in [5.41, 5.74) is 6.78. The van der Waals surface area contributed by atoms with Gasteiger partial charge in [-0.2, -0.15) is 0 Å². The first kappa shape index (κ1) is 13.8. The van der Waals surface area contributed by atoms with Crippen molar-refractivity contribution in [1.29, 1.82) is 0 Å². The topological polar surface area (TPSA) is 77.2 Å². The molecular formula is C16H19N3O2. The highest BCUT2D eigenvalue weighted by atomic mass is 16.5. The first-order valence-electron chi connectivity index (χ1n) is 7.13. The highest BCUT2D eigenvalue weighted by molar-refractivity contribution is 6.07. The average molecular weight is 285 g/mol.